The molecule has 1 aromatic carbocycles. The van der Waals surface area contributed by atoms with Gasteiger partial charge in [0.15, 0.2) is 11.6 Å². The molecule has 5 nitrogen and oxygen atoms in total. The first-order valence-electron chi connectivity index (χ1n) is 7.19. The highest BCUT2D eigenvalue weighted by Gasteiger charge is 2.24. The van der Waals surface area contributed by atoms with E-state index in [1.807, 2.05) is 0 Å². The fourth-order valence-corrected chi connectivity index (χ4v) is 2.49. The van der Waals surface area contributed by atoms with Crippen LogP contribution in [0.25, 0.3) is 0 Å². The van der Waals surface area contributed by atoms with Crippen LogP contribution in [-0.4, -0.2) is 29.6 Å². The highest BCUT2D eigenvalue weighted by atomic mass is 19.2. The number of benzene rings is 1. The zero-order valence-electron chi connectivity index (χ0n) is 11.9. The fraction of sp³-hybridized carbons (Fsp3) is 0.467. The Morgan fingerprint density at radius 2 is 1.86 bits per heavy atom. The van der Waals surface area contributed by atoms with Crippen LogP contribution in [0, 0.1) is 17.6 Å². The molecule has 22 heavy (non-hydrogen) atoms. The van der Waals surface area contributed by atoms with E-state index in [2.05, 4.69) is 10.6 Å². The molecule has 120 valence electrons. The fourth-order valence-electron chi connectivity index (χ4n) is 2.49. The molecule has 1 aliphatic carbocycles. The van der Waals surface area contributed by atoms with Crippen LogP contribution in [0.2, 0.25) is 0 Å². The molecule has 0 saturated heterocycles. The van der Waals surface area contributed by atoms with Gasteiger partial charge in [0.1, 0.15) is 0 Å². The van der Waals surface area contributed by atoms with Gasteiger partial charge in [-0.15, -0.1) is 0 Å². The first-order valence-corrected chi connectivity index (χ1v) is 7.19. The van der Waals surface area contributed by atoms with Crippen LogP contribution in [-0.2, 0) is 9.59 Å². The van der Waals surface area contributed by atoms with Crippen LogP contribution in [0.5, 0.6) is 0 Å². The lowest BCUT2D eigenvalue weighted by Crippen LogP contribution is -2.41. The number of hydrogen-bond donors (Lipinski definition) is 3. The number of carbonyl (C=O) groups is 2. The predicted molar refractivity (Wildman–Crippen MR) is 76.0 cm³/mol. The number of aliphatic hydroxyl groups is 1. The van der Waals surface area contributed by atoms with Gasteiger partial charge in [-0.1, -0.05) is 12.8 Å². The molecule has 7 heteroatoms. The Kier molecular flexibility index (Phi) is 5.43. The predicted octanol–water partition coefficient (Wildman–Crippen LogP) is 1.57. The van der Waals surface area contributed by atoms with E-state index in [1.54, 1.807) is 0 Å². The van der Waals surface area contributed by atoms with Gasteiger partial charge in [-0.25, -0.2) is 8.78 Å². The number of nitrogens with one attached hydrogen (secondary N) is 2. The molecule has 2 atom stereocenters. The third kappa shape index (κ3) is 4.24. The van der Waals surface area contributed by atoms with E-state index >= 15 is 0 Å². The topological polar surface area (TPSA) is 78.4 Å². The van der Waals surface area contributed by atoms with E-state index in [4.69, 9.17) is 0 Å². The number of aliphatic hydroxyl groups excluding tert-OH is 1. The SMILES string of the molecule is O=C(NC[C@H]1CCCC[C@H]1O)C(=O)Nc1ccc(F)c(F)c1. The van der Waals surface area contributed by atoms with E-state index in [-0.39, 0.29) is 18.2 Å². The molecule has 1 fully saturated rings. The van der Waals surface area contributed by atoms with E-state index in [0.29, 0.717) is 6.42 Å². The second kappa shape index (κ2) is 7.31. The minimum atomic E-state index is -1.11. The van der Waals surface area contributed by atoms with Crippen molar-refractivity contribution in [2.24, 2.45) is 5.92 Å². The molecule has 0 heterocycles. The van der Waals surface area contributed by atoms with Crippen LogP contribution >= 0.6 is 0 Å². The summed E-state index contributed by atoms with van der Waals surface area (Å²) in [7, 11) is 0. The lowest BCUT2D eigenvalue weighted by Gasteiger charge is -2.27. The van der Waals surface area contributed by atoms with Gasteiger partial charge in [0.2, 0.25) is 0 Å². The molecule has 1 aliphatic rings. The molecule has 2 amide bonds. The molecule has 0 bridgehead atoms. The van der Waals surface area contributed by atoms with Crippen molar-refractivity contribution in [2.45, 2.75) is 31.8 Å². The number of anilines is 1. The van der Waals surface area contributed by atoms with Crippen molar-refractivity contribution >= 4 is 17.5 Å². The Morgan fingerprint density at radius 1 is 1.14 bits per heavy atom. The van der Waals surface area contributed by atoms with Gasteiger partial charge in [0.25, 0.3) is 0 Å². The normalized spacial score (nSPS) is 21.2. The lowest BCUT2D eigenvalue weighted by atomic mass is 9.86. The Hall–Kier alpha value is -2.02. The summed E-state index contributed by atoms with van der Waals surface area (Å²) in [5.41, 5.74) is -0.00301. The van der Waals surface area contributed by atoms with Gasteiger partial charge in [0, 0.05) is 24.2 Å². The first kappa shape index (κ1) is 16.4. The zero-order valence-corrected chi connectivity index (χ0v) is 11.9. The third-order valence-corrected chi connectivity index (χ3v) is 3.78. The van der Waals surface area contributed by atoms with Crippen molar-refractivity contribution in [3.63, 3.8) is 0 Å². The standard InChI is InChI=1S/C15H18F2N2O3/c16-11-6-5-10(7-12(11)17)19-15(22)14(21)18-8-9-3-1-2-4-13(9)20/h5-7,9,13,20H,1-4,8H2,(H,18,21)(H,19,22)/t9-,13-/m1/s1. The molecule has 1 saturated carbocycles. The second-order valence-corrected chi connectivity index (χ2v) is 5.40. The molecular formula is C15H18F2N2O3. The van der Waals surface area contributed by atoms with Gasteiger partial charge < -0.3 is 15.7 Å². The maximum absolute atomic E-state index is 13.0. The summed E-state index contributed by atoms with van der Waals surface area (Å²) in [6, 6.07) is 2.82. The maximum Gasteiger partial charge on any atom is 0.313 e. The number of carbonyl (C=O) groups excluding carboxylic acids is 2. The first-order chi connectivity index (χ1) is 10.5. The van der Waals surface area contributed by atoms with Gasteiger partial charge in [-0.05, 0) is 25.0 Å². The zero-order chi connectivity index (χ0) is 16.1. The summed E-state index contributed by atoms with van der Waals surface area (Å²) in [4.78, 5) is 23.3. The van der Waals surface area contributed by atoms with Crippen LogP contribution in [0.4, 0.5) is 14.5 Å². The third-order valence-electron chi connectivity index (χ3n) is 3.78. The summed E-state index contributed by atoms with van der Waals surface area (Å²) in [6.45, 7) is 0.213. The number of hydrogen-bond acceptors (Lipinski definition) is 3. The van der Waals surface area contributed by atoms with E-state index < -0.39 is 29.6 Å². The molecule has 0 radical (unpaired) electrons. The van der Waals surface area contributed by atoms with E-state index in [9.17, 15) is 23.5 Å². The van der Waals surface area contributed by atoms with Crippen molar-refractivity contribution in [1.82, 2.24) is 5.32 Å². The van der Waals surface area contributed by atoms with Crippen molar-refractivity contribution in [3.05, 3.63) is 29.8 Å². The average molecular weight is 312 g/mol. The Morgan fingerprint density at radius 3 is 2.55 bits per heavy atom. The molecule has 0 spiro atoms. The Labute approximate surface area is 126 Å². The molecular weight excluding hydrogens is 294 g/mol. The highest BCUT2D eigenvalue weighted by molar-refractivity contribution is 6.39. The molecule has 0 aromatic heterocycles. The monoisotopic (exact) mass is 312 g/mol. The van der Waals surface area contributed by atoms with Crippen molar-refractivity contribution in [2.75, 3.05) is 11.9 Å². The van der Waals surface area contributed by atoms with Crippen molar-refractivity contribution < 1.29 is 23.5 Å². The summed E-state index contributed by atoms with van der Waals surface area (Å²) in [5.74, 6) is -4.04. The highest BCUT2D eigenvalue weighted by Crippen LogP contribution is 2.23. The molecule has 0 unspecified atom stereocenters. The summed E-state index contributed by atoms with van der Waals surface area (Å²) >= 11 is 0. The van der Waals surface area contributed by atoms with Crippen LogP contribution in [0.3, 0.4) is 0 Å². The lowest BCUT2D eigenvalue weighted by molar-refractivity contribution is -0.136. The van der Waals surface area contributed by atoms with Gasteiger partial charge in [-0.2, -0.15) is 0 Å². The second-order valence-electron chi connectivity index (χ2n) is 5.40. The quantitative estimate of drug-likeness (QED) is 0.741. The molecule has 2 rings (SSSR count). The summed E-state index contributed by atoms with van der Waals surface area (Å²) in [6.07, 6.45) is 2.97. The van der Waals surface area contributed by atoms with Crippen LogP contribution < -0.4 is 10.6 Å². The number of halogens is 2. The Balaban J connectivity index is 1.84. The minimum Gasteiger partial charge on any atom is -0.393 e. The van der Waals surface area contributed by atoms with Crippen LogP contribution in [0.15, 0.2) is 18.2 Å². The van der Waals surface area contributed by atoms with Crippen molar-refractivity contribution in [1.29, 1.82) is 0 Å². The largest absolute Gasteiger partial charge is 0.393 e. The Bertz CT molecular complexity index is 566. The number of amides is 2. The van der Waals surface area contributed by atoms with E-state index in [1.165, 1.54) is 0 Å². The molecule has 1 aromatic rings. The maximum atomic E-state index is 13.0. The van der Waals surface area contributed by atoms with Gasteiger partial charge >= 0.3 is 11.8 Å². The van der Waals surface area contributed by atoms with Gasteiger partial charge in [-0.3, -0.25) is 9.59 Å². The van der Waals surface area contributed by atoms with Crippen molar-refractivity contribution in [3.8, 4) is 0 Å². The summed E-state index contributed by atoms with van der Waals surface area (Å²) in [5, 5.41) is 14.4. The molecule has 0 aliphatic heterocycles. The van der Waals surface area contributed by atoms with E-state index in [0.717, 1.165) is 37.5 Å². The average Bonchev–Trinajstić information content (AvgIpc) is 2.50. The smallest absolute Gasteiger partial charge is 0.313 e. The summed E-state index contributed by atoms with van der Waals surface area (Å²) < 4.78 is 25.8. The molecule has 3 N–H and O–H groups in total. The van der Waals surface area contributed by atoms with Gasteiger partial charge in [0.05, 0.1) is 6.10 Å². The van der Waals surface area contributed by atoms with Crippen LogP contribution in [0.1, 0.15) is 25.7 Å². The number of rotatable bonds is 3. The minimum absolute atomic E-state index is 0.00301.